The Morgan fingerprint density at radius 3 is 2.88 bits per heavy atom. The summed E-state index contributed by atoms with van der Waals surface area (Å²) >= 11 is 1.48. The lowest BCUT2D eigenvalue weighted by Gasteiger charge is -2.06. The number of H-pyrrole nitrogens is 1. The van der Waals surface area contributed by atoms with E-state index in [4.69, 9.17) is 5.73 Å². The second-order valence-corrected chi connectivity index (χ2v) is 7.33. The summed E-state index contributed by atoms with van der Waals surface area (Å²) < 4.78 is 0. The fraction of sp³-hybridized carbons (Fsp3) is 0.278. The van der Waals surface area contributed by atoms with E-state index >= 15 is 0 Å². The standard InChI is InChI=1S/C18H18N4O2S/c19-16(23)15-11-4-2-1-3-5-14(11)25-18(15)22-17(24)10-6-7-12-13(8-10)21-9-20-12/h6-9H,1-5H2,(H2,19,23)(H,20,21)(H,22,24). The molecule has 2 heterocycles. The van der Waals surface area contributed by atoms with Crippen LogP contribution in [0.1, 0.15) is 50.4 Å². The molecule has 25 heavy (non-hydrogen) atoms. The van der Waals surface area contributed by atoms with Gasteiger partial charge in [0.05, 0.1) is 22.9 Å². The number of fused-ring (bicyclic) bond motifs is 2. The summed E-state index contributed by atoms with van der Waals surface area (Å²) in [6, 6.07) is 5.26. The topological polar surface area (TPSA) is 101 Å². The van der Waals surface area contributed by atoms with Gasteiger partial charge in [0, 0.05) is 10.4 Å². The Morgan fingerprint density at radius 2 is 2.04 bits per heavy atom. The maximum Gasteiger partial charge on any atom is 0.256 e. The molecule has 0 saturated heterocycles. The Morgan fingerprint density at radius 1 is 1.20 bits per heavy atom. The number of anilines is 1. The fourth-order valence-electron chi connectivity index (χ4n) is 3.34. The van der Waals surface area contributed by atoms with Crippen LogP contribution in [0.4, 0.5) is 5.00 Å². The summed E-state index contributed by atoms with van der Waals surface area (Å²) in [5.74, 6) is -0.728. The Kier molecular flexibility index (Phi) is 4.01. The van der Waals surface area contributed by atoms with Crippen LogP contribution in [0.5, 0.6) is 0 Å². The van der Waals surface area contributed by atoms with Gasteiger partial charge in [0.1, 0.15) is 5.00 Å². The molecule has 0 fully saturated rings. The number of benzene rings is 1. The SMILES string of the molecule is NC(=O)c1c(NC(=O)c2ccc3nc[nH]c3c2)sc2c1CCCCC2. The monoisotopic (exact) mass is 354 g/mol. The second-order valence-electron chi connectivity index (χ2n) is 6.22. The summed E-state index contributed by atoms with van der Waals surface area (Å²) in [7, 11) is 0. The first-order valence-corrected chi connectivity index (χ1v) is 9.14. The van der Waals surface area contributed by atoms with E-state index in [0.717, 1.165) is 48.7 Å². The minimum absolute atomic E-state index is 0.254. The molecule has 1 aliphatic rings. The highest BCUT2D eigenvalue weighted by atomic mass is 32.1. The van der Waals surface area contributed by atoms with Gasteiger partial charge in [-0.2, -0.15) is 0 Å². The minimum atomic E-state index is -0.473. The molecule has 3 aromatic rings. The maximum atomic E-state index is 12.6. The van der Waals surface area contributed by atoms with Crippen molar-refractivity contribution >= 4 is 39.2 Å². The zero-order chi connectivity index (χ0) is 17.4. The molecule has 4 N–H and O–H groups in total. The van der Waals surface area contributed by atoms with Crippen molar-refractivity contribution in [3.63, 3.8) is 0 Å². The highest BCUT2D eigenvalue weighted by Gasteiger charge is 2.24. The summed E-state index contributed by atoms with van der Waals surface area (Å²) in [5, 5.41) is 3.45. The molecular formula is C18H18N4O2S. The number of amides is 2. The number of nitrogens with zero attached hydrogens (tertiary/aromatic N) is 1. The smallest absolute Gasteiger partial charge is 0.256 e. The molecule has 0 unspecified atom stereocenters. The Labute approximate surface area is 148 Å². The largest absolute Gasteiger partial charge is 0.365 e. The van der Waals surface area contributed by atoms with Crippen molar-refractivity contribution in [1.82, 2.24) is 9.97 Å². The number of carbonyl (C=O) groups is 2. The Hall–Kier alpha value is -2.67. The van der Waals surface area contributed by atoms with E-state index in [2.05, 4.69) is 15.3 Å². The lowest BCUT2D eigenvalue weighted by atomic mass is 10.1. The number of thiophene rings is 1. The van der Waals surface area contributed by atoms with Crippen LogP contribution >= 0.6 is 11.3 Å². The highest BCUT2D eigenvalue weighted by molar-refractivity contribution is 7.17. The van der Waals surface area contributed by atoms with E-state index in [1.165, 1.54) is 16.2 Å². The first kappa shape index (κ1) is 15.8. The molecule has 1 aromatic carbocycles. The van der Waals surface area contributed by atoms with Gasteiger partial charge in [0.15, 0.2) is 0 Å². The van der Waals surface area contributed by atoms with Crippen LogP contribution < -0.4 is 11.1 Å². The molecule has 0 atom stereocenters. The van der Waals surface area contributed by atoms with Gasteiger partial charge in [-0.15, -0.1) is 11.3 Å². The number of carbonyl (C=O) groups excluding carboxylic acids is 2. The van der Waals surface area contributed by atoms with E-state index in [-0.39, 0.29) is 5.91 Å². The van der Waals surface area contributed by atoms with Crippen LogP contribution in [0.25, 0.3) is 11.0 Å². The molecule has 0 bridgehead atoms. The summed E-state index contributed by atoms with van der Waals surface area (Å²) in [6.07, 6.45) is 6.69. The van der Waals surface area contributed by atoms with Gasteiger partial charge in [0.25, 0.3) is 11.8 Å². The molecule has 0 aliphatic heterocycles. The molecular weight excluding hydrogens is 336 g/mol. The average molecular weight is 354 g/mol. The van der Waals surface area contributed by atoms with E-state index in [1.807, 2.05) is 0 Å². The van der Waals surface area contributed by atoms with Crippen molar-refractivity contribution in [2.45, 2.75) is 32.1 Å². The molecule has 4 rings (SSSR count). The van der Waals surface area contributed by atoms with Crippen molar-refractivity contribution < 1.29 is 9.59 Å². The molecule has 0 radical (unpaired) electrons. The number of nitrogens with one attached hydrogen (secondary N) is 2. The number of aryl methyl sites for hydroxylation is 1. The number of aromatic nitrogens is 2. The van der Waals surface area contributed by atoms with Crippen LogP contribution in [0.2, 0.25) is 0 Å². The van der Waals surface area contributed by atoms with Crippen LogP contribution in [-0.2, 0) is 12.8 Å². The van der Waals surface area contributed by atoms with Crippen LogP contribution in [0.3, 0.4) is 0 Å². The first-order chi connectivity index (χ1) is 12.1. The predicted molar refractivity (Wildman–Crippen MR) is 98.1 cm³/mol. The number of hydrogen-bond donors (Lipinski definition) is 3. The van der Waals surface area contributed by atoms with Crippen molar-refractivity contribution in [1.29, 1.82) is 0 Å². The molecule has 7 heteroatoms. The van der Waals surface area contributed by atoms with Gasteiger partial charge >= 0.3 is 0 Å². The summed E-state index contributed by atoms with van der Waals surface area (Å²) in [5.41, 5.74) is 9.23. The van der Waals surface area contributed by atoms with Gasteiger partial charge in [-0.05, 0) is 49.4 Å². The van der Waals surface area contributed by atoms with Crippen LogP contribution in [-0.4, -0.2) is 21.8 Å². The molecule has 2 amide bonds. The normalized spacial score (nSPS) is 14.1. The van der Waals surface area contributed by atoms with Gasteiger partial charge < -0.3 is 16.0 Å². The molecule has 0 saturated carbocycles. The number of nitrogens with two attached hydrogens (primary N) is 1. The Bertz CT molecular complexity index is 973. The highest BCUT2D eigenvalue weighted by Crippen LogP contribution is 2.37. The summed E-state index contributed by atoms with van der Waals surface area (Å²) in [6.45, 7) is 0. The predicted octanol–water partition coefficient (Wildman–Crippen LogP) is 3.24. The number of aromatic amines is 1. The lowest BCUT2D eigenvalue weighted by Crippen LogP contribution is -2.18. The van der Waals surface area contributed by atoms with E-state index in [0.29, 0.717) is 16.1 Å². The first-order valence-electron chi connectivity index (χ1n) is 8.32. The van der Waals surface area contributed by atoms with Crippen molar-refractivity contribution in [3.05, 3.63) is 46.1 Å². The van der Waals surface area contributed by atoms with Gasteiger partial charge in [-0.1, -0.05) is 6.42 Å². The number of primary amides is 1. The number of imidazole rings is 1. The zero-order valence-electron chi connectivity index (χ0n) is 13.6. The third-order valence-corrected chi connectivity index (χ3v) is 5.78. The fourth-order valence-corrected chi connectivity index (χ4v) is 4.63. The molecule has 128 valence electrons. The second kappa shape index (κ2) is 6.33. The lowest BCUT2D eigenvalue weighted by molar-refractivity contribution is 0.100. The van der Waals surface area contributed by atoms with Crippen LogP contribution in [0.15, 0.2) is 24.5 Å². The van der Waals surface area contributed by atoms with Crippen LogP contribution in [0, 0.1) is 0 Å². The van der Waals surface area contributed by atoms with E-state index < -0.39 is 5.91 Å². The quantitative estimate of drug-likeness (QED) is 0.629. The average Bonchev–Trinajstić information content (AvgIpc) is 3.12. The zero-order valence-corrected chi connectivity index (χ0v) is 14.4. The number of hydrogen-bond acceptors (Lipinski definition) is 4. The van der Waals surface area contributed by atoms with E-state index in [9.17, 15) is 9.59 Å². The summed E-state index contributed by atoms with van der Waals surface area (Å²) in [4.78, 5) is 32.9. The molecule has 2 aromatic heterocycles. The Balaban J connectivity index is 1.67. The van der Waals surface area contributed by atoms with Crippen molar-refractivity contribution in [3.8, 4) is 0 Å². The van der Waals surface area contributed by atoms with Gasteiger partial charge in [-0.3, -0.25) is 9.59 Å². The van der Waals surface area contributed by atoms with Crippen molar-refractivity contribution in [2.75, 3.05) is 5.32 Å². The molecule has 0 spiro atoms. The third kappa shape index (κ3) is 2.91. The van der Waals surface area contributed by atoms with Crippen molar-refractivity contribution in [2.24, 2.45) is 5.73 Å². The number of rotatable bonds is 3. The minimum Gasteiger partial charge on any atom is -0.365 e. The maximum absolute atomic E-state index is 12.6. The van der Waals surface area contributed by atoms with Gasteiger partial charge in [-0.25, -0.2) is 4.98 Å². The third-order valence-electron chi connectivity index (χ3n) is 4.58. The van der Waals surface area contributed by atoms with Gasteiger partial charge in [0.2, 0.25) is 0 Å². The van der Waals surface area contributed by atoms with E-state index in [1.54, 1.807) is 24.5 Å². The molecule has 1 aliphatic carbocycles. The molecule has 6 nitrogen and oxygen atoms in total.